The molecule has 1 aromatic carbocycles. The van der Waals surface area contributed by atoms with Gasteiger partial charge in [-0.3, -0.25) is 0 Å². The van der Waals surface area contributed by atoms with E-state index in [1.54, 1.807) is 6.07 Å². The van der Waals surface area contributed by atoms with E-state index in [1.807, 2.05) is 26.8 Å². The molecule has 0 saturated heterocycles. The van der Waals surface area contributed by atoms with Crippen LogP contribution in [0.4, 0.5) is 4.39 Å². The molecule has 0 unspecified atom stereocenters. The summed E-state index contributed by atoms with van der Waals surface area (Å²) in [6.45, 7) is 5.66. The molecule has 132 valence electrons. The van der Waals surface area contributed by atoms with Gasteiger partial charge < -0.3 is 9.72 Å². The second kappa shape index (κ2) is 6.73. The fourth-order valence-corrected chi connectivity index (χ4v) is 2.53. The maximum atomic E-state index is 14.1. The molecule has 3 aromatic rings. The maximum Gasteiger partial charge on any atom is 0.316 e. The van der Waals surface area contributed by atoms with Crippen LogP contribution in [0, 0.1) is 17.1 Å². The molecule has 0 saturated carbocycles. The van der Waals surface area contributed by atoms with Crippen molar-refractivity contribution in [1.82, 2.24) is 19.9 Å². The summed E-state index contributed by atoms with van der Waals surface area (Å²) in [5.41, 5.74) is 0.665. The Morgan fingerprint density at radius 1 is 1.23 bits per heavy atom. The lowest BCUT2D eigenvalue weighted by Crippen LogP contribution is -2.24. The fraction of sp³-hybridized carbons (Fsp3) is 0.222. The molecular formula is C18H15ClFN5O. The quantitative estimate of drug-likeness (QED) is 0.738. The van der Waals surface area contributed by atoms with Crippen LogP contribution in [0.3, 0.4) is 0 Å². The number of nitrogens with one attached hydrogen (secondary N) is 1. The highest BCUT2D eigenvalue weighted by Gasteiger charge is 2.19. The molecule has 2 aromatic heterocycles. The third-order valence-electron chi connectivity index (χ3n) is 3.32. The molecule has 0 amide bonds. The van der Waals surface area contributed by atoms with Crippen LogP contribution in [-0.2, 0) is 0 Å². The van der Waals surface area contributed by atoms with Gasteiger partial charge in [0.05, 0.1) is 16.3 Å². The first-order valence-corrected chi connectivity index (χ1v) is 8.12. The van der Waals surface area contributed by atoms with Gasteiger partial charge in [-0.05, 0) is 32.9 Å². The van der Waals surface area contributed by atoms with Crippen molar-refractivity contribution in [1.29, 1.82) is 5.26 Å². The molecule has 0 aliphatic heterocycles. The Balaban J connectivity index is 2.02. The first kappa shape index (κ1) is 17.8. The van der Waals surface area contributed by atoms with Crippen molar-refractivity contribution < 1.29 is 9.13 Å². The van der Waals surface area contributed by atoms with E-state index in [4.69, 9.17) is 16.3 Å². The number of nitriles is 1. The van der Waals surface area contributed by atoms with Crippen molar-refractivity contribution in [3.8, 4) is 34.7 Å². The lowest BCUT2D eigenvalue weighted by molar-refractivity contribution is 0.117. The van der Waals surface area contributed by atoms with E-state index in [2.05, 4.69) is 19.9 Å². The largest absolute Gasteiger partial charge is 0.458 e. The Bertz CT molecular complexity index is 966. The van der Waals surface area contributed by atoms with Gasteiger partial charge in [0.1, 0.15) is 23.3 Å². The van der Waals surface area contributed by atoms with Crippen LogP contribution in [0.5, 0.6) is 6.01 Å². The smallest absolute Gasteiger partial charge is 0.316 e. The average Bonchev–Trinajstić information content (AvgIpc) is 2.98. The Morgan fingerprint density at radius 3 is 2.50 bits per heavy atom. The highest BCUT2D eigenvalue weighted by atomic mass is 35.5. The first-order valence-electron chi connectivity index (χ1n) is 7.74. The molecule has 2 heterocycles. The normalized spacial score (nSPS) is 11.2. The molecule has 0 radical (unpaired) electrons. The Kier molecular flexibility index (Phi) is 4.62. The minimum absolute atomic E-state index is 0.0902. The fourth-order valence-electron chi connectivity index (χ4n) is 2.28. The van der Waals surface area contributed by atoms with E-state index in [0.29, 0.717) is 11.3 Å². The second-order valence-electron chi connectivity index (χ2n) is 6.49. The molecule has 0 aliphatic rings. The summed E-state index contributed by atoms with van der Waals surface area (Å²) < 4.78 is 19.7. The monoisotopic (exact) mass is 371 g/mol. The average molecular weight is 372 g/mol. The number of aromatic amines is 1. The number of benzene rings is 1. The van der Waals surface area contributed by atoms with Gasteiger partial charge in [-0.25, -0.2) is 19.3 Å². The molecule has 3 rings (SSSR count). The summed E-state index contributed by atoms with van der Waals surface area (Å²) in [6.07, 6.45) is 3.02. The van der Waals surface area contributed by atoms with Gasteiger partial charge in [0.15, 0.2) is 5.69 Å². The Labute approximate surface area is 154 Å². The molecule has 0 aliphatic carbocycles. The van der Waals surface area contributed by atoms with Gasteiger partial charge >= 0.3 is 6.01 Å². The predicted molar refractivity (Wildman–Crippen MR) is 95.1 cm³/mol. The molecule has 0 fully saturated rings. The Hall–Kier alpha value is -2.98. The van der Waals surface area contributed by atoms with Crippen LogP contribution in [0.15, 0.2) is 30.6 Å². The predicted octanol–water partition coefficient (Wildman–Crippen LogP) is 4.38. The third-order valence-corrected chi connectivity index (χ3v) is 3.64. The third kappa shape index (κ3) is 3.65. The van der Waals surface area contributed by atoms with Gasteiger partial charge in [0.2, 0.25) is 0 Å². The van der Waals surface area contributed by atoms with Crippen molar-refractivity contribution in [2.45, 2.75) is 26.4 Å². The molecular weight excluding hydrogens is 357 g/mol. The number of imidazole rings is 1. The van der Waals surface area contributed by atoms with E-state index in [-0.39, 0.29) is 28.1 Å². The van der Waals surface area contributed by atoms with Crippen molar-refractivity contribution in [3.05, 3.63) is 47.1 Å². The summed E-state index contributed by atoms with van der Waals surface area (Å²) in [5, 5.41) is 9.56. The van der Waals surface area contributed by atoms with Gasteiger partial charge in [-0.2, -0.15) is 5.26 Å². The molecule has 1 N–H and O–H groups in total. The van der Waals surface area contributed by atoms with Gasteiger partial charge in [-0.15, -0.1) is 0 Å². The summed E-state index contributed by atoms with van der Waals surface area (Å²) in [7, 11) is 0. The lowest BCUT2D eigenvalue weighted by atomic mass is 10.2. The number of aromatic nitrogens is 4. The summed E-state index contributed by atoms with van der Waals surface area (Å²) >= 11 is 6.07. The van der Waals surface area contributed by atoms with Crippen LogP contribution in [-0.4, -0.2) is 25.5 Å². The highest BCUT2D eigenvalue weighted by Crippen LogP contribution is 2.31. The highest BCUT2D eigenvalue weighted by molar-refractivity contribution is 6.33. The molecule has 8 heteroatoms. The zero-order chi connectivity index (χ0) is 18.9. The van der Waals surface area contributed by atoms with E-state index in [0.717, 1.165) is 0 Å². The van der Waals surface area contributed by atoms with Crippen LogP contribution < -0.4 is 4.74 Å². The minimum atomic E-state index is -0.535. The number of hydrogen-bond donors (Lipinski definition) is 1. The zero-order valence-electron chi connectivity index (χ0n) is 14.3. The molecule has 6 nitrogen and oxygen atoms in total. The molecule has 26 heavy (non-hydrogen) atoms. The lowest BCUT2D eigenvalue weighted by Gasteiger charge is -2.19. The van der Waals surface area contributed by atoms with Crippen molar-refractivity contribution in [2.24, 2.45) is 0 Å². The number of nitrogens with zero attached hydrogens (tertiary/aromatic N) is 4. The number of halogens is 2. The number of ether oxygens (including phenoxy) is 1. The molecule has 0 atom stereocenters. The van der Waals surface area contributed by atoms with Crippen molar-refractivity contribution in [2.75, 3.05) is 0 Å². The topological polar surface area (TPSA) is 87.5 Å². The number of rotatable bonds is 3. The Morgan fingerprint density at radius 2 is 1.92 bits per heavy atom. The summed E-state index contributed by atoms with van der Waals surface area (Å²) in [6, 6.07) is 6.52. The standard InChI is InChI=1S/C18H15ClFN5O/c1-18(2,3)26-17-22-8-10(9-23-17)15-13(7-21)24-16(25-15)14-11(19)5-4-6-12(14)20/h4-6,8-9H,1-3H3,(H,24,25). The molecule has 0 bridgehead atoms. The van der Waals surface area contributed by atoms with Crippen LogP contribution in [0.25, 0.3) is 22.6 Å². The molecule has 0 spiro atoms. The van der Waals surface area contributed by atoms with Crippen LogP contribution in [0.2, 0.25) is 5.02 Å². The van der Waals surface area contributed by atoms with Gasteiger partial charge in [0, 0.05) is 18.0 Å². The minimum Gasteiger partial charge on any atom is -0.458 e. The second-order valence-corrected chi connectivity index (χ2v) is 6.89. The van der Waals surface area contributed by atoms with E-state index in [1.165, 1.54) is 24.5 Å². The zero-order valence-corrected chi connectivity index (χ0v) is 15.1. The number of H-pyrrole nitrogens is 1. The van der Waals surface area contributed by atoms with E-state index < -0.39 is 11.4 Å². The van der Waals surface area contributed by atoms with Crippen LogP contribution in [0.1, 0.15) is 26.5 Å². The maximum absolute atomic E-state index is 14.1. The van der Waals surface area contributed by atoms with Gasteiger partial charge in [0.25, 0.3) is 0 Å². The van der Waals surface area contributed by atoms with Crippen LogP contribution >= 0.6 is 11.6 Å². The SMILES string of the molecule is CC(C)(C)Oc1ncc(-c2[nH]c(-c3c(F)cccc3Cl)nc2C#N)cn1. The summed E-state index contributed by atoms with van der Waals surface area (Å²) in [5.74, 6) is -0.373. The summed E-state index contributed by atoms with van der Waals surface area (Å²) in [4.78, 5) is 15.4. The number of hydrogen-bond acceptors (Lipinski definition) is 5. The van der Waals surface area contributed by atoms with Gasteiger partial charge in [-0.1, -0.05) is 17.7 Å². The van der Waals surface area contributed by atoms with Crippen molar-refractivity contribution >= 4 is 11.6 Å². The van der Waals surface area contributed by atoms with E-state index >= 15 is 0 Å². The van der Waals surface area contributed by atoms with Crippen molar-refractivity contribution in [3.63, 3.8) is 0 Å². The first-order chi connectivity index (χ1) is 12.3. The van der Waals surface area contributed by atoms with E-state index in [9.17, 15) is 9.65 Å².